The molecule has 0 bridgehead atoms. The summed E-state index contributed by atoms with van der Waals surface area (Å²) in [7, 11) is 0. The summed E-state index contributed by atoms with van der Waals surface area (Å²) in [5.41, 5.74) is 5.49. The van der Waals surface area contributed by atoms with Crippen molar-refractivity contribution < 1.29 is 10.2 Å². The number of aromatic nitrogens is 2. The van der Waals surface area contributed by atoms with Crippen LogP contribution in [0.1, 0.15) is 18.2 Å². The lowest BCUT2D eigenvalue weighted by atomic mass is 10.1. The van der Waals surface area contributed by atoms with Gasteiger partial charge in [-0.25, -0.2) is 0 Å². The lowest BCUT2D eigenvalue weighted by Gasteiger charge is -2.13. The summed E-state index contributed by atoms with van der Waals surface area (Å²) in [4.78, 5) is 0. The fraction of sp³-hybridized carbons (Fsp3) is 0.375. The largest absolute Gasteiger partial charge is 0.389 e. The monoisotopic (exact) mass is 194 g/mol. The standard InChI is InChI=1S/C8H10N4O2/c9-4-3-6(13)8(14)5-1-2-7(10)12-11-5/h1-2,6,8,13-14H,3H2,(H2,10,12). The van der Waals surface area contributed by atoms with Gasteiger partial charge in [0.15, 0.2) is 0 Å². The second-order valence-electron chi connectivity index (χ2n) is 2.76. The van der Waals surface area contributed by atoms with E-state index in [1.807, 2.05) is 0 Å². The Morgan fingerprint density at radius 3 is 2.64 bits per heavy atom. The maximum Gasteiger partial charge on any atom is 0.146 e. The molecule has 0 saturated heterocycles. The summed E-state index contributed by atoms with van der Waals surface area (Å²) in [6.45, 7) is 0. The zero-order valence-corrected chi connectivity index (χ0v) is 7.33. The van der Waals surface area contributed by atoms with Gasteiger partial charge in [0.25, 0.3) is 0 Å². The molecule has 1 aromatic rings. The molecule has 2 atom stereocenters. The van der Waals surface area contributed by atoms with Gasteiger partial charge in [0, 0.05) is 0 Å². The molecule has 0 spiro atoms. The van der Waals surface area contributed by atoms with Crippen LogP contribution in [0.4, 0.5) is 5.82 Å². The Labute approximate surface area is 80.6 Å². The van der Waals surface area contributed by atoms with Crippen molar-refractivity contribution >= 4 is 5.82 Å². The van der Waals surface area contributed by atoms with Crippen LogP contribution in [-0.2, 0) is 0 Å². The number of nitrogens with zero attached hydrogens (tertiary/aromatic N) is 3. The van der Waals surface area contributed by atoms with Crippen LogP contribution in [0.25, 0.3) is 0 Å². The molecule has 0 radical (unpaired) electrons. The molecular weight excluding hydrogens is 184 g/mol. The van der Waals surface area contributed by atoms with Crippen LogP contribution in [0.15, 0.2) is 12.1 Å². The molecular formula is C8H10N4O2. The molecule has 0 amide bonds. The summed E-state index contributed by atoms with van der Waals surface area (Å²) >= 11 is 0. The number of anilines is 1. The van der Waals surface area contributed by atoms with Gasteiger partial charge in [-0.3, -0.25) is 0 Å². The van der Waals surface area contributed by atoms with E-state index in [2.05, 4.69) is 10.2 Å². The number of nitrogen functional groups attached to an aromatic ring is 1. The molecule has 0 aliphatic heterocycles. The van der Waals surface area contributed by atoms with Crippen molar-refractivity contribution in [3.8, 4) is 6.07 Å². The first-order valence-corrected chi connectivity index (χ1v) is 3.97. The van der Waals surface area contributed by atoms with Crippen molar-refractivity contribution in [2.45, 2.75) is 18.6 Å². The molecule has 0 aliphatic rings. The lowest BCUT2D eigenvalue weighted by molar-refractivity contribution is 0.0185. The highest BCUT2D eigenvalue weighted by Gasteiger charge is 2.19. The summed E-state index contributed by atoms with van der Waals surface area (Å²) in [5.74, 6) is 0.232. The van der Waals surface area contributed by atoms with Gasteiger partial charge in [-0.2, -0.15) is 10.4 Å². The molecule has 1 aromatic heterocycles. The normalized spacial score (nSPS) is 14.4. The number of nitrogens with two attached hydrogens (primary N) is 1. The first kappa shape index (κ1) is 10.4. The third-order valence-corrected chi connectivity index (χ3v) is 1.67. The summed E-state index contributed by atoms with van der Waals surface area (Å²) in [5, 5.41) is 34.1. The van der Waals surface area contributed by atoms with Crippen molar-refractivity contribution in [3.05, 3.63) is 17.8 Å². The van der Waals surface area contributed by atoms with Crippen molar-refractivity contribution in [1.82, 2.24) is 10.2 Å². The van der Waals surface area contributed by atoms with E-state index in [9.17, 15) is 10.2 Å². The van der Waals surface area contributed by atoms with E-state index in [1.54, 1.807) is 6.07 Å². The van der Waals surface area contributed by atoms with Crippen molar-refractivity contribution in [3.63, 3.8) is 0 Å². The highest BCUT2D eigenvalue weighted by molar-refractivity contribution is 5.26. The Kier molecular flexibility index (Phi) is 3.34. The minimum absolute atomic E-state index is 0.160. The molecule has 4 N–H and O–H groups in total. The fourth-order valence-electron chi connectivity index (χ4n) is 0.913. The minimum Gasteiger partial charge on any atom is -0.389 e. The van der Waals surface area contributed by atoms with E-state index in [1.165, 1.54) is 12.1 Å². The second kappa shape index (κ2) is 4.50. The van der Waals surface area contributed by atoms with Crippen LogP contribution < -0.4 is 5.73 Å². The molecule has 0 aromatic carbocycles. The Morgan fingerprint density at radius 1 is 1.43 bits per heavy atom. The van der Waals surface area contributed by atoms with Crippen molar-refractivity contribution in [2.75, 3.05) is 5.73 Å². The van der Waals surface area contributed by atoms with Gasteiger partial charge >= 0.3 is 0 Å². The quantitative estimate of drug-likeness (QED) is 0.589. The fourth-order valence-corrected chi connectivity index (χ4v) is 0.913. The Balaban J connectivity index is 2.74. The molecule has 2 unspecified atom stereocenters. The second-order valence-corrected chi connectivity index (χ2v) is 2.76. The first-order valence-electron chi connectivity index (χ1n) is 3.97. The Hall–Kier alpha value is -1.71. The molecule has 1 rings (SSSR count). The predicted molar refractivity (Wildman–Crippen MR) is 47.6 cm³/mol. The Morgan fingerprint density at radius 2 is 2.14 bits per heavy atom. The lowest BCUT2D eigenvalue weighted by Crippen LogP contribution is -2.19. The van der Waals surface area contributed by atoms with E-state index in [0.29, 0.717) is 0 Å². The SMILES string of the molecule is N#CCC(O)C(O)c1ccc(N)nn1. The van der Waals surface area contributed by atoms with E-state index in [4.69, 9.17) is 11.0 Å². The zero-order valence-electron chi connectivity index (χ0n) is 7.33. The minimum atomic E-state index is -1.21. The maximum absolute atomic E-state index is 9.47. The molecule has 0 saturated carbocycles. The van der Waals surface area contributed by atoms with Gasteiger partial charge in [0.05, 0.1) is 24.3 Å². The number of hydrogen-bond donors (Lipinski definition) is 3. The van der Waals surface area contributed by atoms with E-state index in [-0.39, 0.29) is 17.9 Å². The summed E-state index contributed by atoms with van der Waals surface area (Å²) < 4.78 is 0. The van der Waals surface area contributed by atoms with Crippen LogP contribution in [0, 0.1) is 11.3 Å². The molecule has 14 heavy (non-hydrogen) atoms. The number of nitriles is 1. The van der Waals surface area contributed by atoms with Crippen molar-refractivity contribution in [2.24, 2.45) is 0 Å². The number of hydrogen-bond acceptors (Lipinski definition) is 6. The van der Waals surface area contributed by atoms with Crippen LogP contribution >= 0.6 is 0 Å². The molecule has 0 aliphatic carbocycles. The summed E-state index contributed by atoms with van der Waals surface area (Å²) in [6.07, 6.45) is -2.52. The molecule has 6 nitrogen and oxygen atoms in total. The van der Waals surface area contributed by atoms with Gasteiger partial charge in [-0.05, 0) is 12.1 Å². The van der Waals surface area contributed by atoms with E-state index < -0.39 is 12.2 Å². The van der Waals surface area contributed by atoms with E-state index in [0.717, 1.165) is 0 Å². The number of aliphatic hydroxyl groups is 2. The van der Waals surface area contributed by atoms with Gasteiger partial charge in [-0.1, -0.05) is 0 Å². The number of aliphatic hydroxyl groups excluding tert-OH is 2. The average molecular weight is 194 g/mol. The van der Waals surface area contributed by atoms with Gasteiger partial charge in [0.1, 0.15) is 11.9 Å². The average Bonchev–Trinajstić information content (AvgIpc) is 2.18. The number of rotatable bonds is 3. The highest BCUT2D eigenvalue weighted by Crippen LogP contribution is 2.15. The topological polar surface area (TPSA) is 116 Å². The van der Waals surface area contributed by atoms with E-state index >= 15 is 0 Å². The Bertz CT molecular complexity index is 332. The summed E-state index contributed by atoms with van der Waals surface area (Å²) in [6, 6.07) is 4.66. The third-order valence-electron chi connectivity index (χ3n) is 1.67. The smallest absolute Gasteiger partial charge is 0.146 e. The van der Waals surface area contributed by atoms with Crippen LogP contribution in [0.5, 0.6) is 0 Å². The van der Waals surface area contributed by atoms with Crippen LogP contribution in [-0.4, -0.2) is 26.5 Å². The zero-order chi connectivity index (χ0) is 10.6. The predicted octanol–water partition coefficient (Wildman–Crippen LogP) is -0.633. The van der Waals surface area contributed by atoms with Crippen molar-refractivity contribution in [1.29, 1.82) is 5.26 Å². The van der Waals surface area contributed by atoms with Crippen LogP contribution in [0.3, 0.4) is 0 Å². The molecule has 0 fully saturated rings. The van der Waals surface area contributed by atoms with Gasteiger partial charge in [0.2, 0.25) is 0 Å². The molecule has 6 heteroatoms. The first-order chi connectivity index (χ1) is 6.65. The third kappa shape index (κ3) is 2.39. The molecule has 1 heterocycles. The highest BCUT2D eigenvalue weighted by atomic mass is 16.3. The van der Waals surface area contributed by atoms with Gasteiger partial charge < -0.3 is 15.9 Å². The molecule has 74 valence electrons. The van der Waals surface area contributed by atoms with Gasteiger partial charge in [-0.15, -0.1) is 5.10 Å². The van der Waals surface area contributed by atoms with Crippen LogP contribution in [0.2, 0.25) is 0 Å². The maximum atomic E-state index is 9.47.